The number of carbonyl (C=O) groups is 1. The molecule has 2 aromatic rings. The molecule has 21 heavy (non-hydrogen) atoms. The number of hydrogen-bond acceptors (Lipinski definition) is 5. The van der Waals surface area contributed by atoms with Gasteiger partial charge in [0.1, 0.15) is 0 Å². The molecule has 0 radical (unpaired) electrons. The van der Waals surface area contributed by atoms with Crippen LogP contribution in [0.2, 0.25) is 5.02 Å². The Morgan fingerprint density at radius 1 is 1.38 bits per heavy atom. The van der Waals surface area contributed by atoms with E-state index in [0.29, 0.717) is 22.0 Å². The molecule has 0 saturated carbocycles. The Kier molecular flexibility index (Phi) is 4.65. The number of aromatic nitrogens is 1. The summed E-state index contributed by atoms with van der Waals surface area (Å²) < 4.78 is 4.77. The molecule has 1 aromatic heterocycles. The molecule has 0 aliphatic rings. The second-order valence-electron chi connectivity index (χ2n) is 4.56. The van der Waals surface area contributed by atoms with Crippen LogP contribution in [0.25, 0.3) is 0 Å². The van der Waals surface area contributed by atoms with E-state index in [9.17, 15) is 4.79 Å². The Labute approximate surface area is 128 Å². The molecular formula is C15H16ClN3O2. The fourth-order valence-corrected chi connectivity index (χ4v) is 2.28. The van der Waals surface area contributed by atoms with Gasteiger partial charge in [-0.2, -0.15) is 0 Å². The Bertz CT molecular complexity index is 647. The highest BCUT2D eigenvalue weighted by molar-refractivity contribution is 6.34. The monoisotopic (exact) mass is 305 g/mol. The lowest BCUT2D eigenvalue weighted by Gasteiger charge is -2.19. The average molecular weight is 306 g/mol. The van der Waals surface area contributed by atoms with Crippen molar-refractivity contribution in [2.75, 3.05) is 18.2 Å². The standard InChI is InChI=1S/C15H16ClN3O2/c1-9(10-3-5-18-6-4-10)19-14-12(15(20)21-2)7-11(17)8-13(14)16/h3-9,19H,17H2,1-2H3. The summed E-state index contributed by atoms with van der Waals surface area (Å²) in [7, 11) is 1.31. The Hall–Kier alpha value is -2.27. The fourth-order valence-electron chi connectivity index (χ4n) is 2.00. The van der Waals surface area contributed by atoms with Crippen molar-refractivity contribution < 1.29 is 9.53 Å². The molecule has 1 atom stereocenters. The number of ether oxygens (including phenoxy) is 1. The molecule has 1 heterocycles. The minimum atomic E-state index is -0.492. The van der Waals surface area contributed by atoms with Gasteiger partial charge in [0.25, 0.3) is 0 Å². The van der Waals surface area contributed by atoms with E-state index in [0.717, 1.165) is 5.56 Å². The molecular weight excluding hydrogens is 290 g/mol. The molecule has 1 unspecified atom stereocenters. The molecule has 110 valence electrons. The van der Waals surface area contributed by atoms with Crippen molar-refractivity contribution in [3.8, 4) is 0 Å². The number of methoxy groups -OCH3 is 1. The van der Waals surface area contributed by atoms with Gasteiger partial charge < -0.3 is 15.8 Å². The van der Waals surface area contributed by atoms with E-state index in [1.807, 2.05) is 19.1 Å². The van der Waals surface area contributed by atoms with Crippen LogP contribution in [-0.4, -0.2) is 18.1 Å². The molecule has 3 N–H and O–H groups in total. The van der Waals surface area contributed by atoms with Crippen LogP contribution >= 0.6 is 11.6 Å². The minimum Gasteiger partial charge on any atom is -0.465 e. The quantitative estimate of drug-likeness (QED) is 0.669. The molecule has 0 bridgehead atoms. The number of benzene rings is 1. The first-order chi connectivity index (χ1) is 10.0. The number of carbonyl (C=O) groups excluding carboxylic acids is 1. The number of nitrogens with two attached hydrogens (primary N) is 1. The maximum atomic E-state index is 11.9. The summed E-state index contributed by atoms with van der Waals surface area (Å²) in [5.74, 6) is -0.492. The van der Waals surface area contributed by atoms with E-state index in [2.05, 4.69) is 10.3 Å². The molecule has 1 aromatic carbocycles. The lowest BCUT2D eigenvalue weighted by molar-refractivity contribution is 0.0602. The molecule has 0 fully saturated rings. The van der Waals surface area contributed by atoms with E-state index in [1.165, 1.54) is 7.11 Å². The van der Waals surface area contributed by atoms with Crippen LogP contribution < -0.4 is 11.1 Å². The van der Waals surface area contributed by atoms with Crippen molar-refractivity contribution in [2.24, 2.45) is 0 Å². The third-order valence-electron chi connectivity index (χ3n) is 3.08. The Morgan fingerprint density at radius 3 is 2.67 bits per heavy atom. The summed E-state index contributed by atoms with van der Waals surface area (Å²) in [6.45, 7) is 1.96. The number of nitrogens with one attached hydrogen (secondary N) is 1. The van der Waals surface area contributed by atoms with E-state index < -0.39 is 5.97 Å². The smallest absolute Gasteiger partial charge is 0.340 e. The van der Waals surface area contributed by atoms with Crippen molar-refractivity contribution in [3.05, 3.63) is 52.8 Å². The van der Waals surface area contributed by atoms with Gasteiger partial charge in [-0.3, -0.25) is 4.98 Å². The van der Waals surface area contributed by atoms with Gasteiger partial charge in [0.2, 0.25) is 0 Å². The van der Waals surface area contributed by atoms with Crippen LogP contribution in [0.5, 0.6) is 0 Å². The molecule has 2 rings (SSSR count). The van der Waals surface area contributed by atoms with Crippen LogP contribution in [0.4, 0.5) is 11.4 Å². The van der Waals surface area contributed by atoms with Crippen molar-refractivity contribution in [2.45, 2.75) is 13.0 Å². The Morgan fingerprint density at radius 2 is 2.05 bits per heavy atom. The average Bonchev–Trinajstić information content (AvgIpc) is 2.49. The van der Waals surface area contributed by atoms with Gasteiger partial charge in [0.15, 0.2) is 0 Å². The second kappa shape index (κ2) is 6.45. The largest absolute Gasteiger partial charge is 0.465 e. The topological polar surface area (TPSA) is 77.2 Å². The number of nitrogens with zero attached hydrogens (tertiary/aromatic N) is 1. The number of halogens is 1. The van der Waals surface area contributed by atoms with Gasteiger partial charge in [-0.25, -0.2) is 4.79 Å². The third-order valence-corrected chi connectivity index (χ3v) is 3.38. The maximum Gasteiger partial charge on any atom is 0.340 e. The number of pyridine rings is 1. The van der Waals surface area contributed by atoms with Crippen molar-refractivity contribution in [1.82, 2.24) is 4.98 Å². The normalized spacial score (nSPS) is 11.8. The molecule has 0 saturated heterocycles. The number of rotatable bonds is 4. The van der Waals surface area contributed by atoms with Gasteiger partial charge in [-0.1, -0.05) is 11.6 Å². The summed E-state index contributed by atoms with van der Waals surface area (Å²) in [6.07, 6.45) is 3.42. The number of esters is 1. The van der Waals surface area contributed by atoms with Crippen LogP contribution in [0.15, 0.2) is 36.7 Å². The lowest BCUT2D eigenvalue weighted by atomic mass is 10.1. The van der Waals surface area contributed by atoms with Crippen LogP contribution in [-0.2, 0) is 4.74 Å². The van der Waals surface area contributed by atoms with Crippen LogP contribution in [0.1, 0.15) is 28.9 Å². The van der Waals surface area contributed by atoms with Crippen molar-refractivity contribution in [3.63, 3.8) is 0 Å². The highest BCUT2D eigenvalue weighted by atomic mass is 35.5. The van der Waals surface area contributed by atoms with Crippen LogP contribution in [0, 0.1) is 0 Å². The van der Waals surface area contributed by atoms with Gasteiger partial charge >= 0.3 is 5.97 Å². The van der Waals surface area contributed by atoms with Gasteiger partial charge in [0, 0.05) is 24.1 Å². The van der Waals surface area contributed by atoms with E-state index in [1.54, 1.807) is 24.5 Å². The second-order valence-corrected chi connectivity index (χ2v) is 4.97. The predicted molar refractivity (Wildman–Crippen MR) is 83.5 cm³/mol. The molecule has 0 amide bonds. The number of anilines is 2. The zero-order valence-corrected chi connectivity index (χ0v) is 12.5. The van der Waals surface area contributed by atoms with Gasteiger partial charge in [0.05, 0.1) is 23.4 Å². The lowest BCUT2D eigenvalue weighted by Crippen LogP contribution is -2.13. The highest BCUT2D eigenvalue weighted by Crippen LogP contribution is 2.32. The highest BCUT2D eigenvalue weighted by Gasteiger charge is 2.18. The van der Waals surface area contributed by atoms with Gasteiger partial charge in [-0.15, -0.1) is 0 Å². The van der Waals surface area contributed by atoms with Gasteiger partial charge in [-0.05, 0) is 36.8 Å². The molecule has 0 aliphatic heterocycles. The fraction of sp³-hybridized carbons (Fsp3) is 0.200. The zero-order chi connectivity index (χ0) is 15.4. The van der Waals surface area contributed by atoms with Crippen molar-refractivity contribution >= 4 is 28.9 Å². The third kappa shape index (κ3) is 3.44. The number of hydrogen-bond donors (Lipinski definition) is 2. The predicted octanol–water partition coefficient (Wildman–Crippen LogP) is 3.28. The van der Waals surface area contributed by atoms with E-state index in [-0.39, 0.29) is 6.04 Å². The first-order valence-corrected chi connectivity index (χ1v) is 6.74. The van der Waals surface area contributed by atoms with E-state index >= 15 is 0 Å². The molecule has 5 nitrogen and oxygen atoms in total. The number of nitrogen functional groups attached to an aromatic ring is 1. The summed E-state index contributed by atoms with van der Waals surface area (Å²) >= 11 is 6.20. The SMILES string of the molecule is COC(=O)c1cc(N)cc(Cl)c1NC(C)c1ccncc1. The zero-order valence-electron chi connectivity index (χ0n) is 11.8. The first-order valence-electron chi connectivity index (χ1n) is 6.36. The summed E-state index contributed by atoms with van der Waals surface area (Å²) in [4.78, 5) is 15.8. The Balaban J connectivity index is 2.37. The minimum absolute atomic E-state index is 0.0578. The summed E-state index contributed by atoms with van der Waals surface area (Å²) in [5.41, 5.74) is 7.97. The van der Waals surface area contributed by atoms with Crippen LogP contribution in [0.3, 0.4) is 0 Å². The molecule has 6 heteroatoms. The van der Waals surface area contributed by atoms with E-state index in [4.69, 9.17) is 22.1 Å². The maximum absolute atomic E-state index is 11.9. The van der Waals surface area contributed by atoms with Crippen molar-refractivity contribution in [1.29, 1.82) is 0 Å². The molecule has 0 spiro atoms. The summed E-state index contributed by atoms with van der Waals surface area (Å²) in [5, 5.41) is 3.59. The first kappa shape index (κ1) is 15.1. The molecule has 0 aliphatic carbocycles. The summed E-state index contributed by atoms with van der Waals surface area (Å²) in [6, 6.07) is 6.86.